The van der Waals surface area contributed by atoms with E-state index in [1.165, 1.54) is 43.6 Å². The highest BCUT2D eigenvalue weighted by molar-refractivity contribution is 5.54. The molecule has 0 amide bonds. The van der Waals surface area contributed by atoms with Crippen LogP contribution in [0.3, 0.4) is 0 Å². The van der Waals surface area contributed by atoms with Crippen molar-refractivity contribution in [3.63, 3.8) is 0 Å². The van der Waals surface area contributed by atoms with Crippen molar-refractivity contribution < 1.29 is 0 Å². The normalized spacial score (nSPS) is 20.6. The lowest BCUT2D eigenvalue weighted by Gasteiger charge is -2.35. The molecule has 2 nitrogen and oxygen atoms in total. The van der Waals surface area contributed by atoms with E-state index in [1.807, 2.05) is 0 Å². The van der Waals surface area contributed by atoms with E-state index in [-0.39, 0.29) is 0 Å². The summed E-state index contributed by atoms with van der Waals surface area (Å²) in [5.74, 6) is 0.870. The van der Waals surface area contributed by atoms with Crippen LogP contribution in [-0.2, 0) is 6.42 Å². The number of hydrogen-bond acceptors (Lipinski definition) is 2. The topological polar surface area (TPSA) is 29.3 Å². The fourth-order valence-electron chi connectivity index (χ4n) is 2.80. The zero-order chi connectivity index (χ0) is 12.1. The second-order valence-corrected chi connectivity index (χ2v) is 5.03. The molecule has 1 fully saturated rings. The number of para-hydroxylation sites is 1. The van der Waals surface area contributed by atoms with Crippen LogP contribution in [0.5, 0.6) is 0 Å². The van der Waals surface area contributed by atoms with Gasteiger partial charge in [0.1, 0.15) is 0 Å². The lowest BCUT2D eigenvalue weighted by Crippen LogP contribution is -2.35. The monoisotopic (exact) mass is 232 g/mol. The van der Waals surface area contributed by atoms with Crippen LogP contribution in [0, 0.1) is 5.92 Å². The zero-order valence-electron chi connectivity index (χ0n) is 10.9. The van der Waals surface area contributed by atoms with Crippen LogP contribution in [0.15, 0.2) is 24.3 Å². The van der Waals surface area contributed by atoms with Crippen LogP contribution in [0.4, 0.5) is 5.69 Å². The van der Waals surface area contributed by atoms with Crippen molar-refractivity contribution in [2.24, 2.45) is 11.7 Å². The zero-order valence-corrected chi connectivity index (χ0v) is 10.9. The Morgan fingerprint density at radius 3 is 2.94 bits per heavy atom. The predicted molar refractivity (Wildman–Crippen MR) is 74.4 cm³/mol. The molecular formula is C15H24N2. The molecule has 2 heteroatoms. The summed E-state index contributed by atoms with van der Waals surface area (Å²) in [5.41, 5.74) is 8.52. The van der Waals surface area contributed by atoms with Crippen LogP contribution in [0.25, 0.3) is 0 Å². The number of rotatable bonds is 4. The quantitative estimate of drug-likeness (QED) is 0.865. The van der Waals surface area contributed by atoms with Crippen molar-refractivity contribution in [3.05, 3.63) is 29.8 Å². The molecule has 1 aromatic carbocycles. The van der Waals surface area contributed by atoms with Gasteiger partial charge < -0.3 is 10.6 Å². The van der Waals surface area contributed by atoms with Gasteiger partial charge >= 0.3 is 0 Å². The number of piperidine rings is 1. The van der Waals surface area contributed by atoms with Gasteiger partial charge in [0.2, 0.25) is 0 Å². The summed E-state index contributed by atoms with van der Waals surface area (Å²) in [4.78, 5) is 2.56. The van der Waals surface area contributed by atoms with E-state index in [9.17, 15) is 0 Å². The largest absolute Gasteiger partial charge is 0.371 e. The third kappa shape index (κ3) is 3.01. The third-order valence-electron chi connectivity index (χ3n) is 3.84. The summed E-state index contributed by atoms with van der Waals surface area (Å²) in [7, 11) is 0. The second-order valence-electron chi connectivity index (χ2n) is 5.03. The Morgan fingerprint density at radius 2 is 2.18 bits per heavy atom. The van der Waals surface area contributed by atoms with Gasteiger partial charge in [0.05, 0.1) is 0 Å². The minimum atomic E-state index is 0.738. The molecule has 1 aliphatic rings. The molecule has 1 heterocycles. The number of hydrogen-bond donors (Lipinski definition) is 1. The van der Waals surface area contributed by atoms with Gasteiger partial charge in [-0.1, -0.05) is 31.5 Å². The van der Waals surface area contributed by atoms with E-state index < -0.39 is 0 Å². The Hall–Kier alpha value is -1.02. The predicted octanol–water partition coefficient (Wildman–Crippen LogP) is 2.81. The maximum absolute atomic E-state index is 5.69. The lowest BCUT2D eigenvalue weighted by atomic mass is 9.94. The van der Waals surface area contributed by atoms with Gasteiger partial charge in [-0.15, -0.1) is 0 Å². The average molecular weight is 232 g/mol. The maximum Gasteiger partial charge on any atom is 0.0399 e. The Balaban J connectivity index is 2.15. The van der Waals surface area contributed by atoms with Crippen molar-refractivity contribution in [1.29, 1.82) is 0 Å². The van der Waals surface area contributed by atoms with Crippen molar-refractivity contribution in [1.82, 2.24) is 0 Å². The SMILES string of the molecule is CCC1CCCN(c2ccccc2CCN)C1. The van der Waals surface area contributed by atoms with Crippen LogP contribution in [0.1, 0.15) is 31.7 Å². The fourth-order valence-corrected chi connectivity index (χ4v) is 2.80. The molecule has 1 aliphatic heterocycles. The van der Waals surface area contributed by atoms with E-state index in [4.69, 9.17) is 5.73 Å². The molecule has 2 N–H and O–H groups in total. The second kappa shape index (κ2) is 6.06. The third-order valence-corrected chi connectivity index (χ3v) is 3.84. The molecule has 0 radical (unpaired) electrons. The van der Waals surface area contributed by atoms with Gasteiger partial charge in [-0.2, -0.15) is 0 Å². The molecule has 0 aromatic heterocycles. The van der Waals surface area contributed by atoms with E-state index in [0.29, 0.717) is 0 Å². The number of nitrogens with two attached hydrogens (primary N) is 1. The van der Waals surface area contributed by atoms with Crippen LogP contribution >= 0.6 is 0 Å². The molecule has 1 atom stereocenters. The van der Waals surface area contributed by atoms with Crippen molar-refractivity contribution in [2.75, 3.05) is 24.5 Å². The first-order valence-electron chi connectivity index (χ1n) is 6.88. The smallest absolute Gasteiger partial charge is 0.0399 e. The minimum absolute atomic E-state index is 0.738. The summed E-state index contributed by atoms with van der Waals surface area (Å²) in [6.07, 6.45) is 5.01. The Morgan fingerprint density at radius 1 is 1.35 bits per heavy atom. The van der Waals surface area contributed by atoms with Crippen LogP contribution in [-0.4, -0.2) is 19.6 Å². The van der Waals surface area contributed by atoms with E-state index in [0.717, 1.165) is 18.9 Å². The van der Waals surface area contributed by atoms with Gasteiger partial charge in [0.15, 0.2) is 0 Å². The first-order chi connectivity index (χ1) is 8.35. The Bertz CT molecular complexity index is 349. The molecule has 17 heavy (non-hydrogen) atoms. The van der Waals surface area contributed by atoms with Gasteiger partial charge in [-0.25, -0.2) is 0 Å². The van der Waals surface area contributed by atoms with Gasteiger partial charge in [-0.3, -0.25) is 0 Å². The van der Waals surface area contributed by atoms with Crippen molar-refractivity contribution in [2.45, 2.75) is 32.6 Å². The van der Waals surface area contributed by atoms with Crippen LogP contribution in [0.2, 0.25) is 0 Å². The number of nitrogens with zero attached hydrogens (tertiary/aromatic N) is 1. The lowest BCUT2D eigenvalue weighted by molar-refractivity contribution is 0.404. The first kappa shape index (κ1) is 12.4. The first-order valence-corrected chi connectivity index (χ1v) is 6.88. The molecule has 0 spiro atoms. The van der Waals surface area contributed by atoms with Gasteiger partial charge in [-0.05, 0) is 43.4 Å². The Labute approximate surface area is 105 Å². The highest BCUT2D eigenvalue weighted by Crippen LogP contribution is 2.27. The molecule has 1 aromatic rings. The van der Waals surface area contributed by atoms with E-state index in [1.54, 1.807) is 0 Å². The average Bonchev–Trinajstić information content (AvgIpc) is 2.40. The molecular weight excluding hydrogens is 208 g/mol. The van der Waals surface area contributed by atoms with E-state index >= 15 is 0 Å². The summed E-state index contributed by atoms with van der Waals surface area (Å²) in [5, 5.41) is 0. The summed E-state index contributed by atoms with van der Waals surface area (Å²) in [6.45, 7) is 5.47. The summed E-state index contributed by atoms with van der Waals surface area (Å²) in [6, 6.07) is 8.74. The van der Waals surface area contributed by atoms with Crippen molar-refractivity contribution in [3.8, 4) is 0 Å². The molecule has 0 aliphatic carbocycles. The standard InChI is InChI=1S/C15H24N2/c1-2-13-6-5-11-17(12-13)15-8-4-3-7-14(15)9-10-16/h3-4,7-8,13H,2,5-6,9-12,16H2,1H3. The molecule has 0 bridgehead atoms. The Kier molecular flexibility index (Phi) is 4.43. The van der Waals surface area contributed by atoms with E-state index in [2.05, 4.69) is 36.1 Å². The van der Waals surface area contributed by atoms with Gasteiger partial charge in [0, 0.05) is 18.8 Å². The van der Waals surface area contributed by atoms with Crippen molar-refractivity contribution >= 4 is 5.69 Å². The molecule has 2 rings (SSSR count). The molecule has 94 valence electrons. The minimum Gasteiger partial charge on any atom is -0.371 e. The molecule has 1 saturated heterocycles. The fraction of sp³-hybridized carbons (Fsp3) is 0.600. The number of anilines is 1. The summed E-state index contributed by atoms with van der Waals surface area (Å²) < 4.78 is 0. The molecule has 0 saturated carbocycles. The van der Waals surface area contributed by atoms with Gasteiger partial charge in [0.25, 0.3) is 0 Å². The highest BCUT2D eigenvalue weighted by atomic mass is 15.1. The highest BCUT2D eigenvalue weighted by Gasteiger charge is 2.19. The van der Waals surface area contributed by atoms with Crippen LogP contribution < -0.4 is 10.6 Å². The maximum atomic E-state index is 5.69. The molecule has 1 unspecified atom stereocenters. The number of benzene rings is 1. The summed E-state index contributed by atoms with van der Waals surface area (Å²) >= 11 is 0.